The number of para-hydroxylation sites is 1. The molecule has 3 amide bonds. The SMILES string of the molecule is CCOC(=O)N1CCN(C(=O)[C@H]2CC23CCN(C(=O)c2cc(C4CC4)nc4ccccc24)CC3)CC1. The Morgan fingerprint density at radius 3 is 2.36 bits per heavy atom. The normalized spacial score (nSPS) is 23.1. The van der Waals surface area contributed by atoms with Crippen molar-refractivity contribution in [2.24, 2.45) is 11.3 Å². The molecule has 2 aliphatic heterocycles. The van der Waals surface area contributed by atoms with Crippen molar-refractivity contribution in [3.63, 3.8) is 0 Å². The van der Waals surface area contributed by atoms with Crippen LogP contribution in [-0.4, -0.2) is 83.5 Å². The molecule has 8 nitrogen and oxygen atoms in total. The van der Waals surface area contributed by atoms with Crippen molar-refractivity contribution in [3.8, 4) is 0 Å². The lowest BCUT2D eigenvalue weighted by Gasteiger charge is -2.36. The fraction of sp³-hybridized carbons (Fsp3) is 0.571. The van der Waals surface area contributed by atoms with Gasteiger partial charge < -0.3 is 19.4 Å². The summed E-state index contributed by atoms with van der Waals surface area (Å²) in [5.41, 5.74) is 2.74. The van der Waals surface area contributed by atoms with Crippen molar-refractivity contribution in [2.45, 2.75) is 44.9 Å². The van der Waals surface area contributed by atoms with Crippen molar-refractivity contribution >= 4 is 28.8 Å². The molecule has 2 saturated carbocycles. The molecular weight excluding hydrogens is 456 g/mol. The molecule has 1 aromatic heterocycles. The summed E-state index contributed by atoms with van der Waals surface area (Å²) in [7, 11) is 0. The van der Waals surface area contributed by atoms with E-state index in [1.54, 1.807) is 11.8 Å². The first-order valence-corrected chi connectivity index (χ1v) is 13.4. The molecule has 8 heteroatoms. The number of piperidine rings is 1. The van der Waals surface area contributed by atoms with Crippen LogP contribution in [-0.2, 0) is 9.53 Å². The van der Waals surface area contributed by atoms with Crippen LogP contribution >= 0.6 is 0 Å². The largest absolute Gasteiger partial charge is 0.450 e. The van der Waals surface area contributed by atoms with E-state index in [9.17, 15) is 14.4 Å². The molecular formula is C28H34N4O4. The summed E-state index contributed by atoms with van der Waals surface area (Å²) in [5, 5.41) is 0.925. The number of nitrogens with zero attached hydrogens (tertiary/aromatic N) is 4. The number of ether oxygens (including phenoxy) is 1. The van der Waals surface area contributed by atoms with Crippen molar-refractivity contribution in [3.05, 3.63) is 41.6 Å². The average molecular weight is 491 g/mol. The Hall–Kier alpha value is -3.16. The zero-order valence-corrected chi connectivity index (χ0v) is 20.9. The fourth-order valence-corrected chi connectivity index (χ4v) is 6.08. The lowest BCUT2D eigenvalue weighted by Crippen LogP contribution is -2.51. The number of likely N-dealkylation sites (tertiary alicyclic amines) is 1. The number of piperazine rings is 1. The lowest BCUT2D eigenvalue weighted by molar-refractivity contribution is -0.135. The zero-order chi connectivity index (χ0) is 24.9. The number of pyridine rings is 1. The van der Waals surface area contributed by atoms with Gasteiger partial charge in [-0.15, -0.1) is 0 Å². The number of carbonyl (C=O) groups excluding carboxylic acids is 3. The molecule has 36 heavy (non-hydrogen) atoms. The van der Waals surface area contributed by atoms with Gasteiger partial charge in [-0.25, -0.2) is 4.79 Å². The number of hydrogen-bond donors (Lipinski definition) is 0. The number of rotatable bonds is 4. The Morgan fingerprint density at radius 1 is 0.972 bits per heavy atom. The molecule has 4 fully saturated rings. The van der Waals surface area contributed by atoms with E-state index in [0.29, 0.717) is 51.8 Å². The van der Waals surface area contributed by atoms with Gasteiger partial charge in [-0.05, 0) is 56.6 Å². The van der Waals surface area contributed by atoms with Gasteiger partial charge in [0.15, 0.2) is 0 Å². The van der Waals surface area contributed by atoms with Gasteiger partial charge in [-0.3, -0.25) is 14.6 Å². The van der Waals surface area contributed by atoms with Crippen LogP contribution in [0.25, 0.3) is 10.9 Å². The number of aromatic nitrogens is 1. The Balaban J connectivity index is 1.08. The van der Waals surface area contributed by atoms with E-state index >= 15 is 0 Å². The van der Waals surface area contributed by atoms with E-state index in [1.165, 1.54) is 0 Å². The maximum atomic E-state index is 13.6. The molecule has 2 saturated heterocycles. The number of benzene rings is 1. The molecule has 1 aromatic carbocycles. The molecule has 2 aliphatic carbocycles. The fourth-order valence-electron chi connectivity index (χ4n) is 6.08. The third-order valence-electron chi connectivity index (χ3n) is 8.61. The van der Waals surface area contributed by atoms with Crippen molar-refractivity contribution < 1.29 is 19.1 Å². The zero-order valence-electron chi connectivity index (χ0n) is 20.9. The Morgan fingerprint density at radius 2 is 1.67 bits per heavy atom. The van der Waals surface area contributed by atoms with Crippen LogP contribution in [0.2, 0.25) is 0 Å². The van der Waals surface area contributed by atoms with Gasteiger partial charge >= 0.3 is 6.09 Å². The number of carbonyl (C=O) groups is 3. The predicted molar refractivity (Wildman–Crippen MR) is 135 cm³/mol. The second-order valence-corrected chi connectivity index (χ2v) is 10.8. The Labute approximate surface area is 211 Å². The van der Waals surface area contributed by atoms with Gasteiger partial charge in [-0.1, -0.05) is 18.2 Å². The third-order valence-corrected chi connectivity index (χ3v) is 8.61. The summed E-state index contributed by atoms with van der Waals surface area (Å²) in [6.07, 6.45) is 4.66. The Bertz CT molecular complexity index is 1190. The maximum absolute atomic E-state index is 13.6. The minimum Gasteiger partial charge on any atom is -0.450 e. The molecule has 0 N–H and O–H groups in total. The molecule has 1 atom stereocenters. The minimum absolute atomic E-state index is 0.0334. The summed E-state index contributed by atoms with van der Waals surface area (Å²) >= 11 is 0. The third kappa shape index (κ3) is 4.20. The van der Waals surface area contributed by atoms with Crippen molar-refractivity contribution in [1.82, 2.24) is 19.7 Å². The van der Waals surface area contributed by atoms with Crippen molar-refractivity contribution in [1.29, 1.82) is 0 Å². The first-order valence-electron chi connectivity index (χ1n) is 13.4. The summed E-state index contributed by atoms with van der Waals surface area (Å²) < 4.78 is 5.08. The molecule has 4 aliphatic rings. The quantitative estimate of drug-likeness (QED) is 0.653. The topological polar surface area (TPSA) is 83.0 Å². The summed E-state index contributed by atoms with van der Waals surface area (Å²) in [6.45, 7) is 5.71. The highest BCUT2D eigenvalue weighted by Gasteiger charge is 2.59. The van der Waals surface area contributed by atoms with Crippen molar-refractivity contribution in [2.75, 3.05) is 45.9 Å². The molecule has 6 rings (SSSR count). The van der Waals surface area contributed by atoms with Gasteiger partial charge in [0.1, 0.15) is 0 Å². The van der Waals surface area contributed by atoms with Crippen LogP contribution in [0.3, 0.4) is 0 Å². The van der Waals surface area contributed by atoms with Crippen LogP contribution in [0, 0.1) is 11.3 Å². The molecule has 2 aromatic rings. The molecule has 190 valence electrons. The molecule has 0 unspecified atom stereocenters. The van der Waals surface area contributed by atoms with Gasteiger partial charge in [-0.2, -0.15) is 0 Å². The van der Waals surface area contributed by atoms with Gasteiger partial charge in [0.25, 0.3) is 5.91 Å². The van der Waals surface area contributed by atoms with E-state index in [4.69, 9.17) is 9.72 Å². The number of amides is 3. The average Bonchev–Trinajstić information content (AvgIpc) is 3.85. The lowest BCUT2D eigenvalue weighted by atomic mass is 9.90. The predicted octanol–water partition coefficient (Wildman–Crippen LogP) is 3.66. The second kappa shape index (κ2) is 9.05. The first-order chi connectivity index (χ1) is 17.5. The van der Waals surface area contributed by atoms with E-state index in [-0.39, 0.29) is 29.2 Å². The highest BCUT2D eigenvalue weighted by Crippen LogP contribution is 2.60. The van der Waals surface area contributed by atoms with E-state index < -0.39 is 0 Å². The molecule has 1 spiro atoms. The standard InChI is InChI=1S/C28H34N4O4/c1-2-36-27(35)32-15-13-31(14-16-32)26(34)22-18-28(22)9-11-30(12-10-28)25(33)21-17-24(19-7-8-19)29-23-6-4-3-5-20(21)23/h3-6,17,19,22H,2,7-16,18H2,1H3/t22-/m1/s1. The second-order valence-electron chi connectivity index (χ2n) is 10.8. The first kappa shape index (κ1) is 23.3. The van der Waals surface area contributed by atoms with Crippen LogP contribution in [0.4, 0.5) is 4.79 Å². The number of fused-ring (bicyclic) bond motifs is 1. The summed E-state index contributed by atoms with van der Waals surface area (Å²) in [4.78, 5) is 49.2. The smallest absolute Gasteiger partial charge is 0.409 e. The summed E-state index contributed by atoms with van der Waals surface area (Å²) in [5.74, 6) is 0.840. The monoisotopic (exact) mass is 490 g/mol. The van der Waals surface area contributed by atoms with Crippen LogP contribution in [0.15, 0.2) is 30.3 Å². The van der Waals surface area contributed by atoms with Gasteiger partial charge in [0.05, 0.1) is 17.7 Å². The highest BCUT2D eigenvalue weighted by molar-refractivity contribution is 6.06. The maximum Gasteiger partial charge on any atom is 0.409 e. The van der Waals surface area contributed by atoms with E-state index in [1.807, 2.05) is 40.1 Å². The Kier molecular flexibility index (Phi) is 5.85. The molecule has 0 bridgehead atoms. The molecule has 0 radical (unpaired) electrons. The van der Waals surface area contributed by atoms with Crippen LogP contribution in [0.1, 0.15) is 61.0 Å². The number of hydrogen-bond acceptors (Lipinski definition) is 5. The molecule has 3 heterocycles. The van der Waals surface area contributed by atoms with E-state index in [2.05, 4.69) is 0 Å². The highest BCUT2D eigenvalue weighted by atomic mass is 16.6. The minimum atomic E-state index is -0.296. The van der Waals surface area contributed by atoms with E-state index in [0.717, 1.165) is 54.3 Å². The van der Waals surface area contributed by atoms with Crippen LogP contribution in [0.5, 0.6) is 0 Å². The van der Waals surface area contributed by atoms with Gasteiger partial charge in [0.2, 0.25) is 5.91 Å². The van der Waals surface area contributed by atoms with Crippen LogP contribution < -0.4 is 0 Å². The van der Waals surface area contributed by atoms with Gasteiger partial charge in [0, 0.05) is 62.2 Å². The summed E-state index contributed by atoms with van der Waals surface area (Å²) in [6, 6.07) is 9.96.